The van der Waals surface area contributed by atoms with E-state index in [0.29, 0.717) is 24.3 Å². The number of benzene rings is 1. The lowest BCUT2D eigenvalue weighted by Gasteiger charge is -2.40. The molecule has 6 nitrogen and oxygen atoms in total. The number of piperazine rings is 1. The molecule has 3 amide bonds. The van der Waals surface area contributed by atoms with Crippen LogP contribution >= 0.6 is 11.3 Å². The molecule has 1 aromatic heterocycles. The van der Waals surface area contributed by atoms with Crippen LogP contribution in [-0.4, -0.2) is 53.2 Å². The van der Waals surface area contributed by atoms with Crippen LogP contribution in [0.25, 0.3) is 11.1 Å². The third kappa shape index (κ3) is 3.41. The molecule has 3 heterocycles. The topological polar surface area (TPSA) is 69.7 Å². The van der Waals surface area contributed by atoms with Gasteiger partial charge in [0.1, 0.15) is 6.04 Å². The van der Waals surface area contributed by atoms with Crippen LogP contribution in [0.2, 0.25) is 0 Å². The van der Waals surface area contributed by atoms with Gasteiger partial charge in [-0.2, -0.15) is 11.3 Å². The van der Waals surface area contributed by atoms with Gasteiger partial charge in [0.05, 0.1) is 17.8 Å². The van der Waals surface area contributed by atoms with Crippen molar-refractivity contribution in [3.05, 3.63) is 40.6 Å². The zero-order chi connectivity index (χ0) is 20.7. The summed E-state index contributed by atoms with van der Waals surface area (Å²) in [6.45, 7) is 1.15. The predicted octanol–water partition coefficient (Wildman–Crippen LogP) is 3.60. The standard InChI is InChI=1S/C23H25N3O3S/c27-21-20-13-25(22(28)15-4-2-1-3-5-15)9-10-26(20)23(29)18-12-16(6-7-19(18)24-21)17-8-11-30-14-17/h6-8,11-12,14-15,20H,1-5,9-10,13H2,(H,24,27). The van der Waals surface area contributed by atoms with Gasteiger partial charge >= 0.3 is 0 Å². The summed E-state index contributed by atoms with van der Waals surface area (Å²) in [5.74, 6) is -0.141. The van der Waals surface area contributed by atoms with Gasteiger partial charge in [-0.25, -0.2) is 0 Å². The zero-order valence-corrected chi connectivity index (χ0v) is 17.6. The molecule has 5 rings (SSSR count). The Morgan fingerprint density at radius 1 is 1.03 bits per heavy atom. The van der Waals surface area contributed by atoms with E-state index in [4.69, 9.17) is 0 Å². The van der Waals surface area contributed by atoms with E-state index in [0.717, 1.165) is 36.8 Å². The lowest BCUT2D eigenvalue weighted by molar-refractivity contribution is -0.140. The van der Waals surface area contributed by atoms with Gasteiger partial charge in [-0.15, -0.1) is 0 Å². The van der Waals surface area contributed by atoms with E-state index >= 15 is 0 Å². The Hall–Kier alpha value is -2.67. The van der Waals surface area contributed by atoms with E-state index in [1.54, 1.807) is 21.1 Å². The molecule has 1 N–H and O–H groups in total. The van der Waals surface area contributed by atoms with Crippen molar-refractivity contribution >= 4 is 34.7 Å². The number of rotatable bonds is 2. The van der Waals surface area contributed by atoms with Gasteiger partial charge in [-0.05, 0) is 52.9 Å². The first kappa shape index (κ1) is 19.3. The number of thiophene rings is 1. The van der Waals surface area contributed by atoms with Crippen molar-refractivity contribution in [2.24, 2.45) is 5.92 Å². The van der Waals surface area contributed by atoms with E-state index in [1.165, 1.54) is 6.42 Å². The van der Waals surface area contributed by atoms with Crippen LogP contribution in [0.4, 0.5) is 5.69 Å². The summed E-state index contributed by atoms with van der Waals surface area (Å²) in [5, 5.41) is 6.97. The molecule has 1 saturated heterocycles. The van der Waals surface area contributed by atoms with Gasteiger partial charge in [0, 0.05) is 19.0 Å². The van der Waals surface area contributed by atoms with Crippen molar-refractivity contribution in [2.45, 2.75) is 38.1 Å². The number of amides is 3. The minimum absolute atomic E-state index is 0.0696. The Labute approximate surface area is 179 Å². The quantitative estimate of drug-likeness (QED) is 0.802. The van der Waals surface area contributed by atoms with Gasteiger partial charge < -0.3 is 15.1 Å². The second kappa shape index (κ2) is 7.87. The minimum atomic E-state index is -0.643. The fourth-order valence-corrected chi connectivity index (χ4v) is 5.53. The van der Waals surface area contributed by atoms with Gasteiger partial charge in [-0.1, -0.05) is 25.3 Å². The highest BCUT2D eigenvalue weighted by molar-refractivity contribution is 7.08. The molecule has 0 spiro atoms. The summed E-state index contributed by atoms with van der Waals surface area (Å²) in [7, 11) is 0. The highest BCUT2D eigenvalue weighted by Crippen LogP contribution is 2.32. The number of carbonyl (C=O) groups excluding carboxylic acids is 3. The highest BCUT2D eigenvalue weighted by Gasteiger charge is 2.41. The molecule has 3 aliphatic rings. The first-order valence-electron chi connectivity index (χ1n) is 10.7. The van der Waals surface area contributed by atoms with Crippen LogP contribution < -0.4 is 5.32 Å². The number of anilines is 1. The summed E-state index contributed by atoms with van der Waals surface area (Å²) >= 11 is 1.61. The first-order valence-corrected chi connectivity index (χ1v) is 11.6. The van der Waals surface area contributed by atoms with Crippen LogP contribution in [0.1, 0.15) is 42.5 Å². The van der Waals surface area contributed by atoms with Crippen molar-refractivity contribution in [1.29, 1.82) is 0 Å². The monoisotopic (exact) mass is 423 g/mol. The summed E-state index contributed by atoms with van der Waals surface area (Å²) in [4.78, 5) is 42.8. The maximum Gasteiger partial charge on any atom is 0.256 e. The van der Waals surface area contributed by atoms with Crippen molar-refractivity contribution in [3.8, 4) is 11.1 Å². The SMILES string of the molecule is O=C1Nc2ccc(-c3ccsc3)cc2C(=O)N2CCN(C(=O)C3CCCCC3)CC12. The second-order valence-corrected chi connectivity index (χ2v) is 9.18. The Morgan fingerprint density at radius 2 is 1.87 bits per heavy atom. The smallest absolute Gasteiger partial charge is 0.256 e. The lowest BCUT2D eigenvalue weighted by atomic mass is 9.88. The minimum Gasteiger partial charge on any atom is -0.338 e. The Bertz CT molecular complexity index is 982. The van der Waals surface area contributed by atoms with Crippen LogP contribution in [0, 0.1) is 5.92 Å². The molecule has 1 saturated carbocycles. The van der Waals surface area contributed by atoms with Crippen LogP contribution in [-0.2, 0) is 9.59 Å². The third-order valence-corrected chi connectivity index (χ3v) is 7.26. The fourth-order valence-electron chi connectivity index (χ4n) is 4.87. The molecule has 156 valence electrons. The number of fused-ring (bicyclic) bond motifs is 2. The third-order valence-electron chi connectivity index (χ3n) is 6.57. The van der Waals surface area contributed by atoms with Crippen LogP contribution in [0.15, 0.2) is 35.0 Å². The maximum absolute atomic E-state index is 13.3. The van der Waals surface area contributed by atoms with E-state index in [2.05, 4.69) is 5.32 Å². The molecule has 30 heavy (non-hydrogen) atoms. The largest absolute Gasteiger partial charge is 0.338 e. The summed E-state index contributed by atoms with van der Waals surface area (Å²) in [6.07, 6.45) is 5.26. The van der Waals surface area contributed by atoms with Gasteiger partial charge in [0.2, 0.25) is 11.8 Å². The second-order valence-electron chi connectivity index (χ2n) is 8.40. The first-order chi connectivity index (χ1) is 14.6. The number of nitrogens with one attached hydrogen (secondary N) is 1. The van der Waals surface area contributed by atoms with Gasteiger partial charge in [-0.3, -0.25) is 14.4 Å². The van der Waals surface area contributed by atoms with Gasteiger partial charge in [0.25, 0.3) is 5.91 Å². The average molecular weight is 424 g/mol. The molecule has 0 radical (unpaired) electrons. The molecule has 1 aromatic carbocycles. The molecule has 2 aromatic rings. The predicted molar refractivity (Wildman–Crippen MR) is 116 cm³/mol. The number of hydrogen-bond acceptors (Lipinski definition) is 4. The highest BCUT2D eigenvalue weighted by atomic mass is 32.1. The molecule has 0 bridgehead atoms. The Kier molecular flexibility index (Phi) is 5.06. The van der Waals surface area contributed by atoms with Crippen molar-refractivity contribution in [2.75, 3.05) is 25.0 Å². The van der Waals surface area contributed by atoms with E-state index in [1.807, 2.05) is 35.0 Å². The molecule has 1 atom stereocenters. The van der Waals surface area contributed by atoms with Gasteiger partial charge in [0.15, 0.2) is 0 Å². The Balaban J connectivity index is 1.39. The molecule has 2 fully saturated rings. The molecular formula is C23H25N3O3S. The van der Waals surface area contributed by atoms with Crippen LogP contribution in [0.5, 0.6) is 0 Å². The average Bonchev–Trinajstić information content (AvgIpc) is 3.30. The van der Waals surface area contributed by atoms with Crippen molar-refractivity contribution < 1.29 is 14.4 Å². The number of hydrogen-bond donors (Lipinski definition) is 1. The molecule has 7 heteroatoms. The summed E-state index contributed by atoms with van der Waals surface area (Å²) in [5.41, 5.74) is 3.08. The molecule has 2 aliphatic heterocycles. The maximum atomic E-state index is 13.3. The van der Waals surface area contributed by atoms with Crippen molar-refractivity contribution in [1.82, 2.24) is 9.80 Å². The van der Waals surface area contributed by atoms with E-state index < -0.39 is 6.04 Å². The van der Waals surface area contributed by atoms with E-state index in [-0.39, 0.29) is 30.2 Å². The Morgan fingerprint density at radius 3 is 2.63 bits per heavy atom. The van der Waals surface area contributed by atoms with E-state index in [9.17, 15) is 14.4 Å². The summed E-state index contributed by atoms with van der Waals surface area (Å²) < 4.78 is 0. The number of carbonyl (C=O) groups is 3. The fraction of sp³-hybridized carbons (Fsp3) is 0.435. The lowest BCUT2D eigenvalue weighted by Crippen LogP contribution is -2.60. The number of nitrogens with zero attached hydrogens (tertiary/aromatic N) is 2. The summed E-state index contributed by atoms with van der Waals surface area (Å²) in [6, 6.07) is 6.97. The molecular weight excluding hydrogens is 398 g/mol. The zero-order valence-electron chi connectivity index (χ0n) is 16.8. The molecule has 1 aliphatic carbocycles. The van der Waals surface area contributed by atoms with Crippen LogP contribution in [0.3, 0.4) is 0 Å². The molecule has 1 unspecified atom stereocenters. The normalized spacial score (nSPS) is 22.2. The van der Waals surface area contributed by atoms with Crippen molar-refractivity contribution in [3.63, 3.8) is 0 Å².